The van der Waals surface area contributed by atoms with Crippen molar-refractivity contribution in [1.29, 1.82) is 0 Å². The first-order chi connectivity index (χ1) is 7.24. The summed E-state index contributed by atoms with van der Waals surface area (Å²) in [7, 11) is 1.96. The van der Waals surface area contributed by atoms with Gasteiger partial charge in [0, 0.05) is 0 Å². The van der Waals surface area contributed by atoms with E-state index in [0.29, 0.717) is 0 Å². The first kappa shape index (κ1) is 15.4. The molecule has 1 nitrogen and oxygen atoms in total. The SMILES string of the molecule is CCCC[Si](CCCC)(CCCC)O[Si]. The van der Waals surface area contributed by atoms with Crippen molar-refractivity contribution in [3.63, 3.8) is 0 Å². The fraction of sp³-hybridized carbons (Fsp3) is 1.00. The third kappa shape index (κ3) is 6.53. The van der Waals surface area contributed by atoms with Crippen molar-refractivity contribution in [2.75, 3.05) is 0 Å². The fourth-order valence-corrected chi connectivity index (χ4v) is 6.99. The summed E-state index contributed by atoms with van der Waals surface area (Å²) in [4.78, 5) is 0. The van der Waals surface area contributed by atoms with Crippen LogP contribution >= 0.6 is 0 Å². The zero-order chi connectivity index (χ0) is 11.6. The van der Waals surface area contributed by atoms with E-state index in [4.69, 9.17) is 4.12 Å². The molecule has 0 heterocycles. The Morgan fingerprint density at radius 1 is 0.800 bits per heavy atom. The van der Waals surface area contributed by atoms with Gasteiger partial charge in [-0.3, -0.25) is 0 Å². The molecule has 0 saturated heterocycles. The van der Waals surface area contributed by atoms with Gasteiger partial charge in [0.1, 0.15) is 0 Å². The molecule has 0 aliphatic carbocycles. The van der Waals surface area contributed by atoms with E-state index in [2.05, 4.69) is 31.3 Å². The van der Waals surface area contributed by atoms with Gasteiger partial charge < -0.3 is 4.12 Å². The monoisotopic (exact) mass is 243 g/mol. The second-order valence-corrected chi connectivity index (χ2v) is 9.28. The summed E-state index contributed by atoms with van der Waals surface area (Å²) >= 11 is 0. The van der Waals surface area contributed by atoms with E-state index < -0.39 is 8.32 Å². The van der Waals surface area contributed by atoms with Gasteiger partial charge in [-0.25, -0.2) is 0 Å². The Morgan fingerprint density at radius 3 is 1.33 bits per heavy atom. The zero-order valence-corrected chi connectivity index (χ0v) is 12.8. The summed E-state index contributed by atoms with van der Waals surface area (Å²) in [6.45, 7) is 6.81. The molecule has 0 amide bonds. The number of rotatable bonds is 10. The summed E-state index contributed by atoms with van der Waals surface area (Å²) in [6, 6.07) is 4.02. The zero-order valence-electron chi connectivity index (χ0n) is 10.8. The lowest BCUT2D eigenvalue weighted by Crippen LogP contribution is -2.37. The van der Waals surface area contributed by atoms with Gasteiger partial charge >= 0.3 is 0 Å². The van der Waals surface area contributed by atoms with Crippen LogP contribution in [0.15, 0.2) is 0 Å². The van der Waals surface area contributed by atoms with Crippen LogP contribution in [0.1, 0.15) is 59.3 Å². The smallest absolute Gasteiger partial charge is 0.230 e. The van der Waals surface area contributed by atoms with E-state index >= 15 is 0 Å². The fourth-order valence-electron chi connectivity index (χ4n) is 2.02. The second-order valence-electron chi connectivity index (χ2n) is 4.60. The minimum atomic E-state index is -1.42. The van der Waals surface area contributed by atoms with E-state index in [1.54, 1.807) is 0 Å². The van der Waals surface area contributed by atoms with Crippen molar-refractivity contribution >= 4 is 18.8 Å². The average molecular weight is 244 g/mol. The standard InChI is InChI=1S/C12H27OSi2/c1-4-7-10-15(13-14,11-8-5-2)12-9-6-3/h4-12H2,1-3H3. The van der Waals surface area contributed by atoms with Crippen LogP contribution < -0.4 is 0 Å². The minimum absolute atomic E-state index is 1.29. The minimum Gasteiger partial charge on any atom is -0.457 e. The van der Waals surface area contributed by atoms with E-state index in [-0.39, 0.29) is 0 Å². The molecule has 0 saturated carbocycles. The van der Waals surface area contributed by atoms with Gasteiger partial charge in [0.15, 0.2) is 8.32 Å². The first-order valence-electron chi connectivity index (χ1n) is 6.59. The highest BCUT2D eigenvalue weighted by atomic mass is 28.4. The van der Waals surface area contributed by atoms with Crippen LogP contribution in [0.4, 0.5) is 0 Å². The molecule has 15 heavy (non-hydrogen) atoms. The van der Waals surface area contributed by atoms with Crippen LogP contribution in [-0.4, -0.2) is 18.8 Å². The predicted molar refractivity (Wildman–Crippen MR) is 71.7 cm³/mol. The van der Waals surface area contributed by atoms with Crippen LogP contribution in [0, 0.1) is 0 Å². The van der Waals surface area contributed by atoms with Crippen molar-refractivity contribution in [3.05, 3.63) is 0 Å². The summed E-state index contributed by atoms with van der Waals surface area (Å²) in [6.07, 6.45) is 7.89. The Morgan fingerprint density at radius 2 is 1.13 bits per heavy atom. The summed E-state index contributed by atoms with van der Waals surface area (Å²) in [5, 5.41) is 0. The lowest BCUT2D eigenvalue weighted by Gasteiger charge is -2.30. The molecule has 0 aromatic heterocycles. The Hall–Kier alpha value is 0.394. The van der Waals surface area contributed by atoms with Crippen molar-refractivity contribution in [2.45, 2.75) is 77.4 Å². The van der Waals surface area contributed by atoms with Crippen LogP contribution in [0.5, 0.6) is 0 Å². The molecule has 89 valence electrons. The molecule has 0 atom stereocenters. The molecule has 0 aromatic carbocycles. The largest absolute Gasteiger partial charge is 0.457 e. The predicted octanol–water partition coefficient (Wildman–Crippen LogP) is 4.43. The maximum Gasteiger partial charge on any atom is 0.230 e. The second kappa shape index (κ2) is 9.61. The summed E-state index contributed by atoms with van der Waals surface area (Å²) < 4.78 is 5.79. The molecule has 0 aliphatic rings. The molecular formula is C12H27OSi2. The van der Waals surface area contributed by atoms with Gasteiger partial charge in [0.2, 0.25) is 10.5 Å². The molecule has 0 aromatic rings. The molecule has 0 bridgehead atoms. The molecule has 0 aliphatic heterocycles. The maximum absolute atomic E-state index is 5.79. The third-order valence-electron chi connectivity index (χ3n) is 3.17. The van der Waals surface area contributed by atoms with Gasteiger partial charge in [0.25, 0.3) is 0 Å². The molecule has 0 rings (SSSR count). The van der Waals surface area contributed by atoms with Gasteiger partial charge in [-0.15, -0.1) is 0 Å². The van der Waals surface area contributed by atoms with E-state index in [1.807, 2.05) is 0 Å². The van der Waals surface area contributed by atoms with Crippen molar-refractivity contribution in [1.82, 2.24) is 0 Å². The quantitative estimate of drug-likeness (QED) is 0.516. The Labute approximate surface area is 101 Å². The highest BCUT2D eigenvalue weighted by molar-refractivity contribution is 6.76. The first-order valence-corrected chi connectivity index (χ1v) is 9.53. The van der Waals surface area contributed by atoms with Gasteiger partial charge in [-0.1, -0.05) is 59.3 Å². The lowest BCUT2D eigenvalue weighted by molar-refractivity contribution is 0.556. The Kier molecular flexibility index (Phi) is 9.86. The highest BCUT2D eigenvalue weighted by Crippen LogP contribution is 2.28. The number of unbranched alkanes of at least 4 members (excludes halogenated alkanes) is 3. The normalized spacial score (nSPS) is 12.0. The molecular weight excluding hydrogens is 216 g/mol. The van der Waals surface area contributed by atoms with Crippen LogP contribution in [0.3, 0.4) is 0 Å². The van der Waals surface area contributed by atoms with Crippen LogP contribution in [0.25, 0.3) is 0 Å². The maximum atomic E-state index is 5.79. The van der Waals surface area contributed by atoms with Gasteiger partial charge in [-0.2, -0.15) is 0 Å². The summed E-state index contributed by atoms with van der Waals surface area (Å²) in [5.41, 5.74) is 0. The van der Waals surface area contributed by atoms with E-state index in [1.165, 1.54) is 56.7 Å². The van der Waals surface area contributed by atoms with E-state index in [9.17, 15) is 0 Å². The lowest BCUT2D eigenvalue weighted by atomic mass is 10.4. The molecule has 3 radical (unpaired) electrons. The van der Waals surface area contributed by atoms with Crippen molar-refractivity contribution < 1.29 is 4.12 Å². The molecule has 0 fully saturated rings. The molecule has 3 heteroatoms. The highest BCUT2D eigenvalue weighted by Gasteiger charge is 2.30. The van der Waals surface area contributed by atoms with E-state index in [0.717, 1.165) is 0 Å². The third-order valence-corrected chi connectivity index (χ3v) is 8.70. The summed E-state index contributed by atoms with van der Waals surface area (Å²) in [5.74, 6) is 0. The van der Waals surface area contributed by atoms with Gasteiger partial charge in [0.05, 0.1) is 0 Å². The van der Waals surface area contributed by atoms with Gasteiger partial charge in [-0.05, 0) is 18.1 Å². The Bertz CT molecular complexity index is 118. The van der Waals surface area contributed by atoms with Crippen LogP contribution in [0.2, 0.25) is 18.1 Å². The van der Waals surface area contributed by atoms with Crippen LogP contribution in [-0.2, 0) is 4.12 Å². The van der Waals surface area contributed by atoms with Crippen molar-refractivity contribution in [3.8, 4) is 0 Å². The number of hydrogen-bond acceptors (Lipinski definition) is 1. The van der Waals surface area contributed by atoms with Crippen molar-refractivity contribution in [2.24, 2.45) is 0 Å². The molecule has 0 N–H and O–H groups in total. The average Bonchev–Trinajstić information content (AvgIpc) is 2.29. The topological polar surface area (TPSA) is 9.23 Å². The number of hydrogen-bond donors (Lipinski definition) is 0. The Balaban J connectivity index is 4.16. The molecule has 0 unspecified atom stereocenters. The molecule has 0 spiro atoms.